The van der Waals surface area contributed by atoms with Crippen LogP contribution in [0.15, 0.2) is 41.0 Å². The number of halogens is 1. The third-order valence-corrected chi connectivity index (χ3v) is 3.16. The van der Waals surface area contributed by atoms with Gasteiger partial charge in [0.1, 0.15) is 11.4 Å². The average Bonchev–Trinajstić information content (AvgIpc) is 2.45. The summed E-state index contributed by atoms with van der Waals surface area (Å²) in [4.78, 5) is 15.8. The summed E-state index contributed by atoms with van der Waals surface area (Å²) in [5, 5.41) is 3.11. The van der Waals surface area contributed by atoms with E-state index in [9.17, 15) is 4.79 Å². The Morgan fingerprint density at radius 3 is 2.95 bits per heavy atom. The molecular formula is C14H14BrN3O2. The van der Waals surface area contributed by atoms with E-state index in [1.807, 2.05) is 24.3 Å². The van der Waals surface area contributed by atoms with Crippen LogP contribution in [0, 0.1) is 0 Å². The Bertz CT molecular complexity index is 632. The van der Waals surface area contributed by atoms with Gasteiger partial charge in [-0.1, -0.05) is 28.1 Å². The largest absolute Gasteiger partial charge is 0.465 e. The number of hydrogen-bond acceptors (Lipinski definition) is 5. The van der Waals surface area contributed by atoms with Gasteiger partial charge >= 0.3 is 5.97 Å². The number of aromatic nitrogens is 1. The number of pyridine rings is 1. The number of nitrogens with zero attached hydrogens (tertiary/aromatic N) is 1. The molecule has 0 atom stereocenters. The molecule has 2 aromatic rings. The van der Waals surface area contributed by atoms with Crippen LogP contribution >= 0.6 is 15.9 Å². The zero-order valence-corrected chi connectivity index (χ0v) is 12.5. The van der Waals surface area contributed by atoms with Crippen molar-refractivity contribution in [2.24, 2.45) is 0 Å². The fourth-order valence-corrected chi connectivity index (χ4v) is 2.17. The molecule has 20 heavy (non-hydrogen) atoms. The van der Waals surface area contributed by atoms with Gasteiger partial charge in [-0.05, 0) is 23.8 Å². The molecule has 0 aliphatic carbocycles. The molecule has 0 fully saturated rings. The van der Waals surface area contributed by atoms with Gasteiger partial charge in [0, 0.05) is 11.0 Å². The van der Waals surface area contributed by atoms with Crippen LogP contribution in [0.25, 0.3) is 0 Å². The number of anilines is 2. The molecule has 104 valence electrons. The van der Waals surface area contributed by atoms with Crippen molar-refractivity contribution in [2.45, 2.75) is 6.54 Å². The van der Waals surface area contributed by atoms with E-state index in [1.54, 1.807) is 6.07 Å². The SMILES string of the molecule is COC(=O)c1cc(N)cnc1NCc1cccc(Br)c1. The van der Waals surface area contributed by atoms with Crippen LogP contribution in [0.2, 0.25) is 0 Å². The molecule has 0 unspecified atom stereocenters. The highest BCUT2D eigenvalue weighted by Gasteiger charge is 2.13. The van der Waals surface area contributed by atoms with E-state index in [0.717, 1.165) is 10.0 Å². The minimum Gasteiger partial charge on any atom is -0.465 e. The van der Waals surface area contributed by atoms with E-state index in [2.05, 4.69) is 26.2 Å². The maximum Gasteiger partial charge on any atom is 0.341 e. The van der Waals surface area contributed by atoms with Crippen molar-refractivity contribution in [3.8, 4) is 0 Å². The van der Waals surface area contributed by atoms with Crippen molar-refractivity contribution < 1.29 is 9.53 Å². The molecule has 1 aromatic heterocycles. The zero-order chi connectivity index (χ0) is 14.5. The number of nitrogen functional groups attached to an aromatic ring is 1. The molecule has 0 spiro atoms. The normalized spacial score (nSPS) is 10.1. The number of benzene rings is 1. The maximum absolute atomic E-state index is 11.7. The van der Waals surface area contributed by atoms with Crippen molar-refractivity contribution in [2.75, 3.05) is 18.2 Å². The average molecular weight is 336 g/mol. The van der Waals surface area contributed by atoms with Crippen LogP contribution in [0.1, 0.15) is 15.9 Å². The molecule has 5 nitrogen and oxygen atoms in total. The predicted molar refractivity (Wildman–Crippen MR) is 81.5 cm³/mol. The molecule has 0 aliphatic rings. The first-order valence-corrected chi connectivity index (χ1v) is 6.71. The first kappa shape index (κ1) is 14.3. The van der Waals surface area contributed by atoms with Crippen LogP contribution in [0.4, 0.5) is 11.5 Å². The molecule has 0 bridgehead atoms. The number of carbonyl (C=O) groups excluding carboxylic acids is 1. The van der Waals surface area contributed by atoms with Gasteiger partial charge < -0.3 is 15.8 Å². The monoisotopic (exact) mass is 335 g/mol. The van der Waals surface area contributed by atoms with Crippen LogP contribution in [0.5, 0.6) is 0 Å². The van der Waals surface area contributed by atoms with Gasteiger partial charge in [-0.2, -0.15) is 0 Å². The molecule has 0 amide bonds. The summed E-state index contributed by atoms with van der Waals surface area (Å²) in [5.41, 5.74) is 7.44. The highest BCUT2D eigenvalue weighted by atomic mass is 79.9. The highest BCUT2D eigenvalue weighted by Crippen LogP contribution is 2.18. The Kier molecular flexibility index (Phi) is 4.57. The Morgan fingerprint density at radius 1 is 1.45 bits per heavy atom. The van der Waals surface area contributed by atoms with Gasteiger partial charge in [0.15, 0.2) is 0 Å². The highest BCUT2D eigenvalue weighted by molar-refractivity contribution is 9.10. The van der Waals surface area contributed by atoms with Crippen molar-refractivity contribution in [1.82, 2.24) is 4.98 Å². The molecule has 6 heteroatoms. The number of nitrogens with one attached hydrogen (secondary N) is 1. The molecule has 0 saturated carbocycles. The van der Waals surface area contributed by atoms with Crippen molar-refractivity contribution in [3.63, 3.8) is 0 Å². The topological polar surface area (TPSA) is 77.2 Å². The van der Waals surface area contributed by atoms with Gasteiger partial charge in [0.05, 0.1) is 19.0 Å². The molecule has 0 saturated heterocycles. The molecular weight excluding hydrogens is 322 g/mol. The molecule has 3 N–H and O–H groups in total. The van der Waals surface area contributed by atoms with Crippen molar-refractivity contribution in [3.05, 3.63) is 52.1 Å². The fourth-order valence-electron chi connectivity index (χ4n) is 1.72. The van der Waals surface area contributed by atoms with Crippen molar-refractivity contribution >= 4 is 33.4 Å². The minimum absolute atomic E-state index is 0.322. The number of esters is 1. The molecule has 1 aromatic carbocycles. The number of carbonyl (C=O) groups is 1. The first-order valence-electron chi connectivity index (χ1n) is 5.92. The van der Waals surface area contributed by atoms with E-state index >= 15 is 0 Å². The number of hydrogen-bond donors (Lipinski definition) is 2. The van der Waals surface area contributed by atoms with E-state index < -0.39 is 5.97 Å². The van der Waals surface area contributed by atoms with Crippen LogP contribution < -0.4 is 11.1 Å². The van der Waals surface area contributed by atoms with Gasteiger partial charge in [0.25, 0.3) is 0 Å². The second-order valence-electron chi connectivity index (χ2n) is 4.14. The summed E-state index contributed by atoms with van der Waals surface area (Å²) < 4.78 is 5.72. The zero-order valence-electron chi connectivity index (χ0n) is 10.9. The quantitative estimate of drug-likeness (QED) is 0.840. The van der Waals surface area contributed by atoms with E-state index in [0.29, 0.717) is 23.6 Å². The molecule has 0 aliphatic heterocycles. The van der Waals surface area contributed by atoms with Gasteiger partial charge in [-0.25, -0.2) is 9.78 Å². The first-order chi connectivity index (χ1) is 9.60. The number of ether oxygens (including phenoxy) is 1. The van der Waals surface area contributed by atoms with E-state index in [4.69, 9.17) is 10.5 Å². The second kappa shape index (κ2) is 6.38. The van der Waals surface area contributed by atoms with Gasteiger partial charge in [0.2, 0.25) is 0 Å². The molecule has 2 rings (SSSR count). The third-order valence-electron chi connectivity index (χ3n) is 2.66. The summed E-state index contributed by atoms with van der Waals surface area (Å²) in [6, 6.07) is 9.40. The van der Waals surface area contributed by atoms with Gasteiger partial charge in [-0.3, -0.25) is 0 Å². The molecule has 0 radical (unpaired) electrons. The summed E-state index contributed by atoms with van der Waals surface area (Å²) in [7, 11) is 1.32. The van der Waals surface area contributed by atoms with Crippen LogP contribution in [-0.4, -0.2) is 18.1 Å². The smallest absolute Gasteiger partial charge is 0.341 e. The Morgan fingerprint density at radius 2 is 2.25 bits per heavy atom. The third kappa shape index (κ3) is 3.48. The summed E-state index contributed by atoms with van der Waals surface area (Å²) in [6.45, 7) is 0.542. The standard InChI is InChI=1S/C14H14BrN3O2/c1-20-14(19)12-6-11(16)8-18-13(12)17-7-9-3-2-4-10(15)5-9/h2-6,8H,7,16H2,1H3,(H,17,18). The second-order valence-corrected chi connectivity index (χ2v) is 5.06. The summed E-state index contributed by atoms with van der Waals surface area (Å²) in [6.07, 6.45) is 1.50. The fraction of sp³-hybridized carbons (Fsp3) is 0.143. The molecule has 1 heterocycles. The van der Waals surface area contributed by atoms with E-state index in [-0.39, 0.29) is 0 Å². The lowest BCUT2D eigenvalue weighted by atomic mass is 10.2. The van der Waals surface area contributed by atoms with Crippen LogP contribution in [0.3, 0.4) is 0 Å². The maximum atomic E-state index is 11.7. The van der Waals surface area contributed by atoms with Crippen molar-refractivity contribution in [1.29, 1.82) is 0 Å². The summed E-state index contributed by atoms with van der Waals surface area (Å²) in [5.74, 6) is -0.0208. The van der Waals surface area contributed by atoms with Crippen LogP contribution in [-0.2, 0) is 11.3 Å². The summed E-state index contributed by atoms with van der Waals surface area (Å²) >= 11 is 3.41. The minimum atomic E-state index is -0.471. The Hall–Kier alpha value is -2.08. The lowest BCUT2D eigenvalue weighted by molar-refractivity contribution is 0.0601. The Labute approximate surface area is 125 Å². The van der Waals surface area contributed by atoms with E-state index in [1.165, 1.54) is 13.3 Å². The number of nitrogens with two attached hydrogens (primary N) is 1. The Balaban J connectivity index is 2.19. The number of methoxy groups -OCH3 is 1. The lowest BCUT2D eigenvalue weighted by Gasteiger charge is -2.10. The lowest BCUT2D eigenvalue weighted by Crippen LogP contribution is -2.10. The predicted octanol–water partition coefficient (Wildman–Crippen LogP) is 2.83. The van der Waals surface area contributed by atoms with Gasteiger partial charge in [-0.15, -0.1) is 0 Å². The number of rotatable bonds is 4.